The smallest absolute Gasteiger partial charge is 0.269 e. The molecular weight excluding hydrogens is 400 g/mol. The Morgan fingerprint density at radius 3 is 2.70 bits per heavy atom. The molecule has 0 spiro atoms. The molecule has 0 saturated carbocycles. The average Bonchev–Trinajstić information content (AvgIpc) is 3.28. The molecule has 4 aromatic rings. The van der Waals surface area contributed by atoms with Crippen molar-refractivity contribution in [2.45, 2.75) is 6.92 Å². The van der Waals surface area contributed by atoms with E-state index in [9.17, 15) is 4.79 Å². The van der Waals surface area contributed by atoms with Gasteiger partial charge in [-0.25, -0.2) is 4.98 Å². The molecule has 0 saturated heterocycles. The van der Waals surface area contributed by atoms with Gasteiger partial charge < -0.3 is 4.74 Å². The third-order valence-corrected chi connectivity index (χ3v) is 6.36. The van der Waals surface area contributed by atoms with Gasteiger partial charge in [0.15, 0.2) is 5.13 Å². The molecule has 0 unspecified atom stereocenters. The molecule has 4 nitrogen and oxygen atoms in total. The van der Waals surface area contributed by atoms with Crippen LogP contribution < -0.4 is 10.1 Å². The van der Waals surface area contributed by atoms with Gasteiger partial charge in [-0.3, -0.25) is 10.1 Å². The number of hydrogen-bond acceptors (Lipinski definition) is 5. The number of amides is 1. The summed E-state index contributed by atoms with van der Waals surface area (Å²) in [5.41, 5.74) is 1.77. The number of ether oxygens (including phenoxy) is 1. The molecule has 0 bridgehead atoms. The number of rotatable bonds is 5. The monoisotopic (exact) mass is 414 g/mol. The van der Waals surface area contributed by atoms with Gasteiger partial charge in [-0.05, 0) is 37.3 Å². The number of fused-ring (bicyclic) bond motifs is 1. The molecule has 0 radical (unpaired) electrons. The van der Waals surface area contributed by atoms with E-state index in [0.717, 1.165) is 27.1 Å². The highest BCUT2D eigenvalue weighted by molar-refractivity contribution is 7.21. The lowest BCUT2D eigenvalue weighted by Gasteiger charge is -2.03. The van der Waals surface area contributed by atoms with E-state index in [-0.39, 0.29) is 5.91 Å². The normalized spacial score (nSPS) is 10.9. The molecule has 2 heterocycles. The number of nitrogens with zero attached hydrogens (tertiary/aromatic N) is 1. The van der Waals surface area contributed by atoms with Crippen LogP contribution in [0.4, 0.5) is 5.13 Å². The summed E-state index contributed by atoms with van der Waals surface area (Å²) in [4.78, 5) is 17.6. The number of benzene rings is 2. The standard InChI is InChI=1S/C20H15ClN2O2S2/c1-2-25-13-9-7-12(8-10-13)15-11-26-20(22-15)23-19(24)18-17(21)14-5-3-4-6-16(14)27-18/h3-11H,2H2,1H3,(H,22,23,24). The third kappa shape index (κ3) is 3.69. The quantitative estimate of drug-likeness (QED) is 0.415. The second kappa shape index (κ2) is 7.68. The largest absolute Gasteiger partial charge is 0.494 e. The van der Waals surface area contributed by atoms with E-state index in [1.165, 1.54) is 22.7 Å². The zero-order valence-corrected chi connectivity index (χ0v) is 16.8. The number of thiophene rings is 1. The fraction of sp³-hybridized carbons (Fsp3) is 0.100. The predicted octanol–water partition coefficient (Wildman–Crippen LogP) is 6.33. The Labute approximate surface area is 169 Å². The highest BCUT2D eigenvalue weighted by Crippen LogP contribution is 2.36. The number of aromatic nitrogens is 1. The van der Waals surface area contributed by atoms with Gasteiger partial charge in [0.1, 0.15) is 10.6 Å². The van der Waals surface area contributed by atoms with Crippen LogP contribution in [0.25, 0.3) is 21.3 Å². The Hall–Kier alpha value is -2.41. The van der Waals surface area contributed by atoms with Gasteiger partial charge in [0, 0.05) is 21.0 Å². The molecule has 1 N–H and O–H groups in total. The second-order valence-electron chi connectivity index (χ2n) is 5.69. The van der Waals surface area contributed by atoms with Crippen LogP contribution in [-0.4, -0.2) is 17.5 Å². The molecule has 136 valence electrons. The first-order valence-electron chi connectivity index (χ1n) is 8.33. The number of carbonyl (C=O) groups excluding carboxylic acids is 1. The van der Waals surface area contributed by atoms with Crippen LogP contribution in [-0.2, 0) is 0 Å². The summed E-state index contributed by atoms with van der Waals surface area (Å²) in [6.07, 6.45) is 0. The van der Waals surface area contributed by atoms with Gasteiger partial charge >= 0.3 is 0 Å². The van der Waals surface area contributed by atoms with E-state index in [1.807, 2.05) is 60.8 Å². The third-order valence-electron chi connectivity index (χ3n) is 3.93. The molecule has 1 amide bonds. The Morgan fingerprint density at radius 1 is 1.19 bits per heavy atom. The van der Waals surface area contributed by atoms with Crippen molar-refractivity contribution in [3.8, 4) is 17.0 Å². The summed E-state index contributed by atoms with van der Waals surface area (Å²) in [7, 11) is 0. The summed E-state index contributed by atoms with van der Waals surface area (Å²) in [5.74, 6) is 0.582. The van der Waals surface area contributed by atoms with Gasteiger partial charge in [-0.15, -0.1) is 22.7 Å². The molecule has 27 heavy (non-hydrogen) atoms. The topological polar surface area (TPSA) is 51.2 Å². The Kier molecular flexibility index (Phi) is 5.11. The van der Waals surface area contributed by atoms with E-state index in [1.54, 1.807) is 0 Å². The minimum absolute atomic E-state index is 0.242. The summed E-state index contributed by atoms with van der Waals surface area (Å²) in [6, 6.07) is 15.4. The summed E-state index contributed by atoms with van der Waals surface area (Å²) >= 11 is 9.14. The molecule has 0 aliphatic rings. The number of hydrogen-bond donors (Lipinski definition) is 1. The molecule has 2 aromatic carbocycles. The molecular formula is C20H15ClN2O2S2. The minimum Gasteiger partial charge on any atom is -0.494 e. The Balaban J connectivity index is 1.53. The van der Waals surface area contributed by atoms with Crippen molar-refractivity contribution >= 4 is 55.4 Å². The number of thiazole rings is 1. The van der Waals surface area contributed by atoms with Crippen molar-refractivity contribution in [1.82, 2.24) is 4.98 Å². The predicted molar refractivity (Wildman–Crippen MR) is 114 cm³/mol. The summed E-state index contributed by atoms with van der Waals surface area (Å²) in [6.45, 7) is 2.58. The lowest BCUT2D eigenvalue weighted by atomic mass is 10.2. The highest BCUT2D eigenvalue weighted by atomic mass is 35.5. The van der Waals surface area contributed by atoms with E-state index >= 15 is 0 Å². The van der Waals surface area contributed by atoms with Crippen molar-refractivity contribution in [3.63, 3.8) is 0 Å². The first-order valence-corrected chi connectivity index (χ1v) is 10.4. The lowest BCUT2D eigenvalue weighted by molar-refractivity contribution is 0.103. The Bertz CT molecular complexity index is 1100. The highest BCUT2D eigenvalue weighted by Gasteiger charge is 2.18. The maximum Gasteiger partial charge on any atom is 0.269 e. The van der Waals surface area contributed by atoms with Gasteiger partial charge in [-0.1, -0.05) is 29.8 Å². The molecule has 0 aliphatic heterocycles. The minimum atomic E-state index is -0.242. The van der Waals surface area contributed by atoms with Crippen LogP contribution in [0.5, 0.6) is 5.75 Å². The van der Waals surface area contributed by atoms with E-state index in [2.05, 4.69) is 10.3 Å². The van der Waals surface area contributed by atoms with Crippen molar-refractivity contribution in [3.05, 3.63) is 63.8 Å². The van der Waals surface area contributed by atoms with E-state index in [0.29, 0.717) is 21.6 Å². The van der Waals surface area contributed by atoms with Crippen molar-refractivity contribution in [2.75, 3.05) is 11.9 Å². The van der Waals surface area contributed by atoms with Gasteiger partial charge in [0.25, 0.3) is 5.91 Å². The summed E-state index contributed by atoms with van der Waals surface area (Å²) in [5, 5.41) is 6.68. The van der Waals surface area contributed by atoms with Crippen LogP contribution in [0, 0.1) is 0 Å². The van der Waals surface area contributed by atoms with Crippen LogP contribution in [0.3, 0.4) is 0 Å². The Morgan fingerprint density at radius 2 is 1.96 bits per heavy atom. The number of carbonyl (C=O) groups is 1. The first-order chi connectivity index (χ1) is 13.2. The number of anilines is 1. The SMILES string of the molecule is CCOc1ccc(-c2csc(NC(=O)c3sc4ccccc4c3Cl)n2)cc1. The van der Waals surface area contributed by atoms with Crippen molar-refractivity contribution in [1.29, 1.82) is 0 Å². The number of nitrogens with one attached hydrogen (secondary N) is 1. The molecule has 2 aromatic heterocycles. The summed E-state index contributed by atoms with van der Waals surface area (Å²) < 4.78 is 6.44. The molecule has 0 atom stereocenters. The van der Waals surface area contributed by atoms with Gasteiger partial charge in [0.2, 0.25) is 0 Å². The second-order valence-corrected chi connectivity index (χ2v) is 7.98. The zero-order chi connectivity index (χ0) is 18.8. The molecule has 0 fully saturated rings. The van der Waals surface area contributed by atoms with Gasteiger partial charge in [0.05, 0.1) is 17.3 Å². The maximum absolute atomic E-state index is 12.6. The van der Waals surface area contributed by atoms with Crippen LogP contribution in [0.2, 0.25) is 5.02 Å². The van der Waals surface area contributed by atoms with E-state index in [4.69, 9.17) is 16.3 Å². The van der Waals surface area contributed by atoms with Crippen LogP contribution >= 0.6 is 34.3 Å². The molecule has 4 rings (SSSR count). The number of halogens is 1. The van der Waals surface area contributed by atoms with Gasteiger partial charge in [-0.2, -0.15) is 0 Å². The molecule has 0 aliphatic carbocycles. The zero-order valence-electron chi connectivity index (χ0n) is 14.4. The van der Waals surface area contributed by atoms with Crippen molar-refractivity contribution in [2.24, 2.45) is 0 Å². The fourth-order valence-electron chi connectivity index (χ4n) is 2.67. The van der Waals surface area contributed by atoms with Crippen LogP contribution in [0.15, 0.2) is 53.9 Å². The average molecular weight is 415 g/mol. The molecule has 7 heteroatoms. The first kappa shape index (κ1) is 18.0. The van der Waals surface area contributed by atoms with E-state index < -0.39 is 0 Å². The maximum atomic E-state index is 12.6. The lowest BCUT2D eigenvalue weighted by Crippen LogP contribution is -2.10. The van der Waals surface area contributed by atoms with Crippen molar-refractivity contribution < 1.29 is 9.53 Å². The fourth-order valence-corrected chi connectivity index (χ4v) is 4.79. The van der Waals surface area contributed by atoms with Crippen LogP contribution in [0.1, 0.15) is 16.6 Å².